The summed E-state index contributed by atoms with van der Waals surface area (Å²) >= 11 is 0. The molecule has 25 nitrogen and oxygen atoms in total. The van der Waals surface area contributed by atoms with E-state index in [1.807, 2.05) is 0 Å². The summed E-state index contributed by atoms with van der Waals surface area (Å²) in [5.74, 6) is -3.85. The molecule has 6 aromatic heterocycles. The van der Waals surface area contributed by atoms with Crippen LogP contribution in [0.25, 0.3) is 0 Å². The minimum absolute atomic E-state index is 0.0170. The number of carbonyl (C=O) groups excluding carboxylic acids is 8. The molecular weight excluding hydrogens is 849 g/mol. The van der Waals surface area contributed by atoms with Crippen molar-refractivity contribution >= 4 is 76.0 Å². The number of rotatable bonds is 18. The fourth-order valence-electron chi connectivity index (χ4n) is 6.30. The van der Waals surface area contributed by atoms with Gasteiger partial charge in [0, 0.05) is 105 Å². The van der Waals surface area contributed by atoms with E-state index in [4.69, 9.17) is 4.74 Å². The Morgan fingerprint density at radius 3 is 1.51 bits per heavy atom. The van der Waals surface area contributed by atoms with E-state index in [1.54, 1.807) is 59.1 Å². The number of esters is 1. The Morgan fingerprint density at radius 2 is 1.05 bits per heavy atom. The second-order valence-electron chi connectivity index (χ2n) is 14.4. The van der Waals surface area contributed by atoms with Gasteiger partial charge in [-0.05, 0) is 25.1 Å². The molecule has 0 saturated carbocycles. The molecule has 0 radical (unpaired) electrons. The number of ether oxygens (including phenoxy) is 1. The standard InChI is InChI=1S/C40H46N16O9/c1-7-65-40(64)25-14-22(17-44-25)45-38(62)33-50-28(20-55(33)5)48-30(57)8-11-43-36(60)27-16-24(19-54(27)4)47-39(63)34-51-29(21-56(34)6)49-31(58)9-10-42-35(59)26-15-23(18-53(26)3)46-37(61)32-41-12-13-52(32)2/h12-21,44H,7-11H2,1-6H3,(H,42,59)(H,43,60)(H,45,62)(H,46,61)(H,47,63)(H,48,57)(H,49,58). The average Bonchev–Trinajstić information content (AvgIpc) is 4.11. The minimum Gasteiger partial charge on any atom is -0.461 e. The highest BCUT2D eigenvalue weighted by Crippen LogP contribution is 2.18. The van der Waals surface area contributed by atoms with Crippen molar-refractivity contribution in [1.29, 1.82) is 0 Å². The molecular formula is C40H46N16O9. The number of nitrogens with one attached hydrogen (secondary N) is 8. The molecule has 7 amide bonds. The first kappa shape index (κ1) is 45.7. The molecule has 8 N–H and O–H groups in total. The summed E-state index contributed by atoms with van der Waals surface area (Å²) in [7, 11) is 8.05. The lowest BCUT2D eigenvalue weighted by Crippen LogP contribution is -2.29. The predicted octanol–water partition coefficient (Wildman–Crippen LogP) is 1.34. The number of aryl methyl sites for hydroxylation is 5. The van der Waals surface area contributed by atoms with Gasteiger partial charge in [0.2, 0.25) is 23.5 Å². The molecule has 6 aromatic rings. The number of hydrogen-bond donors (Lipinski definition) is 8. The number of aromatic amines is 1. The van der Waals surface area contributed by atoms with Gasteiger partial charge in [-0.3, -0.25) is 33.6 Å². The average molecular weight is 895 g/mol. The second kappa shape index (κ2) is 20.0. The largest absolute Gasteiger partial charge is 0.461 e. The number of imidazole rings is 3. The van der Waals surface area contributed by atoms with E-state index in [-0.39, 0.29) is 84.4 Å². The van der Waals surface area contributed by atoms with Gasteiger partial charge in [0.05, 0.1) is 23.7 Å². The SMILES string of the molecule is CCOC(=O)c1cc(NC(=O)c2nc(NC(=O)CCNC(=O)c3cc(NC(=O)c4nc(NC(=O)CCNC(=O)c5cc(NC(=O)c6nccn6C)cn5C)cn4C)cn3C)cn2C)c[nH]1. The van der Waals surface area contributed by atoms with Gasteiger partial charge in [0.25, 0.3) is 29.5 Å². The Balaban J connectivity index is 0.918. The summed E-state index contributed by atoms with van der Waals surface area (Å²) < 4.78 is 12.3. The van der Waals surface area contributed by atoms with Gasteiger partial charge in [-0.15, -0.1) is 0 Å². The number of amides is 7. The summed E-state index contributed by atoms with van der Waals surface area (Å²) in [6, 6.07) is 4.35. The van der Waals surface area contributed by atoms with Gasteiger partial charge < -0.3 is 69.8 Å². The number of aromatic nitrogens is 9. The van der Waals surface area contributed by atoms with Gasteiger partial charge in [-0.1, -0.05) is 0 Å². The number of carbonyl (C=O) groups is 8. The van der Waals surface area contributed by atoms with Crippen LogP contribution in [0.1, 0.15) is 83.1 Å². The maximum Gasteiger partial charge on any atom is 0.354 e. The Kier molecular flexibility index (Phi) is 14.0. The number of H-pyrrole nitrogens is 1. The highest BCUT2D eigenvalue weighted by atomic mass is 16.5. The molecule has 340 valence electrons. The molecule has 0 unspecified atom stereocenters. The van der Waals surface area contributed by atoms with Crippen molar-refractivity contribution in [3.63, 3.8) is 0 Å². The third kappa shape index (κ3) is 11.4. The summed E-state index contributed by atoms with van der Waals surface area (Å²) in [5.41, 5.74) is 1.56. The van der Waals surface area contributed by atoms with E-state index in [1.165, 1.54) is 67.5 Å². The Hall–Kier alpha value is -8.77. The van der Waals surface area contributed by atoms with Crippen LogP contribution < -0.4 is 37.2 Å². The third-order valence-corrected chi connectivity index (χ3v) is 9.42. The topological polar surface area (TPSA) is 309 Å². The summed E-state index contributed by atoms with van der Waals surface area (Å²) in [5, 5.41) is 18.5. The van der Waals surface area contributed by atoms with E-state index in [0.717, 1.165) is 0 Å². The number of anilines is 5. The molecule has 0 atom stereocenters. The van der Waals surface area contributed by atoms with E-state index >= 15 is 0 Å². The van der Waals surface area contributed by atoms with Crippen LogP contribution in [0.5, 0.6) is 0 Å². The van der Waals surface area contributed by atoms with Crippen molar-refractivity contribution in [3.05, 3.63) is 96.1 Å². The first-order valence-corrected chi connectivity index (χ1v) is 19.8. The predicted molar refractivity (Wildman–Crippen MR) is 232 cm³/mol. The molecule has 6 rings (SSSR count). The van der Waals surface area contributed by atoms with Crippen LogP contribution >= 0.6 is 0 Å². The van der Waals surface area contributed by atoms with Crippen LogP contribution in [-0.4, -0.2) is 110 Å². The Bertz CT molecular complexity index is 2800. The molecule has 0 spiro atoms. The zero-order chi connectivity index (χ0) is 46.9. The molecule has 0 aliphatic carbocycles. The van der Waals surface area contributed by atoms with E-state index in [9.17, 15) is 38.4 Å². The van der Waals surface area contributed by atoms with Crippen LogP contribution in [0.4, 0.5) is 28.7 Å². The van der Waals surface area contributed by atoms with Crippen molar-refractivity contribution in [2.75, 3.05) is 46.3 Å². The van der Waals surface area contributed by atoms with Gasteiger partial charge in [-0.25, -0.2) is 19.7 Å². The molecule has 6 heterocycles. The first-order valence-electron chi connectivity index (χ1n) is 19.8. The lowest BCUT2D eigenvalue weighted by atomic mass is 10.3. The van der Waals surface area contributed by atoms with Gasteiger partial charge in [0.1, 0.15) is 17.1 Å². The maximum atomic E-state index is 13.2. The van der Waals surface area contributed by atoms with Crippen LogP contribution in [0, 0.1) is 0 Å². The fourth-order valence-corrected chi connectivity index (χ4v) is 6.30. The lowest BCUT2D eigenvalue weighted by Gasteiger charge is -2.06. The van der Waals surface area contributed by atoms with Gasteiger partial charge in [0.15, 0.2) is 17.5 Å². The molecule has 0 saturated heterocycles. The molecule has 0 aromatic carbocycles. The third-order valence-electron chi connectivity index (χ3n) is 9.42. The molecule has 25 heteroatoms. The van der Waals surface area contributed by atoms with E-state index < -0.39 is 47.3 Å². The minimum atomic E-state index is -0.629. The zero-order valence-corrected chi connectivity index (χ0v) is 36.1. The van der Waals surface area contributed by atoms with Crippen LogP contribution in [-0.2, 0) is 49.6 Å². The van der Waals surface area contributed by atoms with Crippen LogP contribution in [0.2, 0.25) is 0 Å². The number of nitrogens with zero attached hydrogens (tertiary/aromatic N) is 8. The van der Waals surface area contributed by atoms with Crippen molar-refractivity contribution in [3.8, 4) is 0 Å². The molecule has 0 bridgehead atoms. The summed E-state index contributed by atoms with van der Waals surface area (Å²) in [6.45, 7) is 1.80. The number of hydrogen-bond acceptors (Lipinski definition) is 12. The Labute approximate surface area is 369 Å². The zero-order valence-electron chi connectivity index (χ0n) is 36.1. The van der Waals surface area contributed by atoms with Gasteiger partial charge in [-0.2, -0.15) is 0 Å². The lowest BCUT2D eigenvalue weighted by molar-refractivity contribution is -0.116. The smallest absolute Gasteiger partial charge is 0.354 e. The van der Waals surface area contributed by atoms with Crippen LogP contribution in [0.15, 0.2) is 61.6 Å². The quantitative estimate of drug-likeness (QED) is 0.0567. The van der Waals surface area contributed by atoms with Crippen LogP contribution in [0.3, 0.4) is 0 Å². The normalized spacial score (nSPS) is 10.8. The Morgan fingerprint density at radius 1 is 0.569 bits per heavy atom. The molecule has 0 aliphatic heterocycles. The summed E-state index contributed by atoms with van der Waals surface area (Å²) in [4.78, 5) is 117. The monoisotopic (exact) mass is 894 g/mol. The van der Waals surface area contributed by atoms with Crippen molar-refractivity contribution in [1.82, 2.24) is 53.4 Å². The fraction of sp³-hybridized carbons (Fsp3) is 0.275. The molecule has 0 fully saturated rings. The summed E-state index contributed by atoms with van der Waals surface area (Å²) in [6.07, 6.45) is 10.3. The first-order chi connectivity index (χ1) is 31.0. The molecule has 0 aliphatic rings. The van der Waals surface area contributed by atoms with Gasteiger partial charge >= 0.3 is 5.97 Å². The van der Waals surface area contributed by atoms with Crippen molar-refractivity contribution in [2.45, 2.75) is 19.8 Å². The maximum absolute atomic E-state index is 13.2. The van der Waals surface area contributed by atoms with Crippen molar-refractivity contribution < 1.29 is 43.1 Å². The molecule has 65 heavy (non-hydrogen) atoms. The van der Waals surface area contributed by atoms with Crippen molar-refractivity contribution in [2.24, 2.45) is 35.2 Å². The highest BCUT2D eigenvalue weighted by molar-refractivity contribution is 6.05. The van der Waals surface area contributed by atoms with E-state index in [0.29, 0.717) is 11.4 Å². The second-order valence-corrected chi connectivity index (χ2v) is 14.4. The highest BCUT2D eigenvalue weighted by Gasteiger charge is 2.21. The van der Waals surface area contributed by atoms with E-state index in [2.05, 4.69) is 57.2 Å².